The Hall–Kier alpha value is -1.22. The van der Waals surface area contributed by atoms with Crippen molar-refractivity contribution in [2.75, 3.05) is 20.8 Å². The number of benzene rings is 1. The van der Waals surface area contributed by atoms with Crippen LogP contribution >= 0.6 is 0 Å². The Morgan fingerprint density at radius 1 is 1.17 bits per heavy atom. The molecule has 2 rings (SSSR count). The first-order valence-corrected chi connectivity index (χ1v) is 6.75. The van der Waals surface area contributed by atoms with Gasteiger partial charge in [0.2, 0.25) is 0 Å². The van der Waals surface area contributed by atoms with Gasteiger partial charge in [-0.2, -0.15) is 0 Å². The predicted molar refractivity (Wildman–Crippen MR) is 73.7 cm³/mol. The van der Waals surface area contributed by atoms with Gasteiger partial charge in [-0.3, -0.25) is 0 Å². The minimum atomic E-state index is 0.607. The summed E-state index contributed by atoms with van der Waals surface area (Å²) in [6.45, 7) is 3.31. The maximum absolute atomic E-state index is 5.37. The molecule has 1 aromatic rings. The standard InChI is InChI=1S/C15H23NO2/c1-4-7-16-13-6-5-11-9-14(17-2)15(18-3)10-12(11)8-13/h9-10,13,16H,4-8H2,1-3H3. The largest absolute Gasteiger partial charge is 0.493 e. The zero-order valence-electron chi connectivity index (χ0n) is 11.6. The first kappa shape index (κ1) is 13.2. The molecule has 0 aliphatic heterocycles. The Bertz CT molecular complexity index is 404. The topological polar surface area (TPSA) is 30.5 Å². The van der Waals surface area contributed by atoms with E-state index in [1.807, 2.05) is 0 Å². The van der Waals surface area contributed by atoms with E-state index in [0.717, 1.165) is 30.9 Å². The first-order chi connectivity index (χ1) is 8.78. The van der Waals surface area contributed by atoms with E-state index in [9.17, 15) is 0 Å². The van der Waals surface area contributed by atoms with E-state index >= 15 is 0 Å². The fourth-order valence-electron chi connectivity index (χ4n) is 2.61. The second-order valence-electron chi connectivity index (χ2n) is 4.87. The molecule has 0 fully saturated rings. The monoisotopic (exact) mass is 249 g/mol. The molecule has 3 nitrogen and oxygen atoms in total. The summed E-state index contributed by atoms with van der Waals surface area (Å²) in [6, 6.07) is 4.87. The third-order valence-corrected chi connectivity index (χ3v) is 3.62. The van der Waals surface area contributed by atoms with Crippen LogP contribution in [0.25, 0.3) is 0 Å². The molecule has 3 heteroatoms. The highest BCUT2D eigenvalue weighted by atomic mass is 16.5. The summed E-state index contributed by atoms with van der Waals surface area (Å²) in [6.07, 6.45) is 4.62. The lowest BCUT2D eigenvalue weighted by atomic mass is 9.88. The Morgan fingerprint density at radius 3 is 2.44 bits per heavy atom. The fourth-order valence-corrected chi connectivity index (χ4v) is 2.61. The molecular weight excluding hydrogens is 226 g/mol. The van der Waals surface area contributed by atoms with Crippen molar-refractivity contribution in [3.63, 3.8) is 0 Å². The molecule has 0 spiro atoms. The van der Waals surface area contributed by atoms with Gasteiger partial charge in [-0.1, -0.05) is 6.92 Å². The summed E-state index contributed by atoms with van der Waals surface area (Å²) in [5.74, 6) is 1.68. The molecular formula is C15H23NO2. The normalized spacial score (nSPS) is 18.3. The van der Waals surface area contributed by atoms with Crippen LogP contribution < -0.4 is 14.8 Å². The van der Waals surface area contributed by atoms with E-state index < -0.39 is 0 Å². The zero-order chi connectivity index (χ0) is 13.0. The van der Waals surface area contributed by atoms with Crippen LogP contribution in [0.3, 0.4) is 0 Å². The number of nitrogens with one attached hydrogen (secondary N) is 1. The average molecular weight is 249 g/mol. The fraction of sp³-hybridized carbons (Fsp3) is 0.600. The molecule has 1 aliphatic rings. The molecule has 1 atom stereocenters. The molecule has 0 saturated heterocycles. The molecule has 1 unspecified atom stereocenters. The van der Waals surface area contributed by atoms with Crippen molar-refractivity contribution in [3.8, 4) is 11.5 Å². The molecule has 18 heavy (non-hydrogen) atoms. The number of ether oxygens (including phenoxy) is 2. The van der Waals surface area contributed by atoms with Crippen LogP contribution in [-0.2, 0) is 12.8 Å². The molecule has 0 amide bonds. The van der Waals surface area contributed by atoms with E-state index in [-0.39, 0.29) is 0 Å². The summed E-state index contributed by atoms with van der Waals surface area (Å²) in [4.78, 5) is 0. The van der Waals surface area contributed by atoms with Crippen molar-refractivity contribution < 1.29 is 9.47 Å². The zero-order valence-corrected chi connectivity index (χ0v) is 11.6. The molecule has 0 heterocycles. The highest BCUT2D eigenvalue weighted by molar-refractivity contribution is 5.48. The SMILES string of the molecule is CCCNC1CCc2cc(OC)c(OC)cc2C1. The lowest BCUT2D eigenvalue weighted by Gasteiger charge is -2.26. The quantitative estimate of drug-likeness (QED) is 0.870. The van der Waals surface area contributed by atoms with E-state index in [1.54, 1.807) is 14.2 Å². The Labute approximate surface area is 109 Å². The van der Waals surface area contributed by atoms with Crippen molar-refractivity contribution >= 4 is 0 Å². The average Bonchev–Trinajstić information content (AvgIpc) is 2.43. The molecule has 1 aromatic carbocycles. The Balaban J connectivity index is 2.16. The van der Waals surface area contributed by atoms with Gasteiger partial charge >= 0.3 is 0 Å². The van der Waals surface area contributed by atoms with Gasteiger partial charge in [0.15, 0.2) is 11.5 Å². The van der Waals surface area contributed by atoms with Crippen molar-refractivity contribution in [2.24, 2.45) is 0 Å². The number of aryl methyl sites for hydroxylation is 1. The van der Waals surface area contributed by atoms with Crippen LogP contribution in [-0.4, -0.2) is 26.8 Å². The van der Waals surface area contributed by atoms with Crippen LogP contribution in [0.2, 0.25) is 0 Å². The molecule has 0 radical (unpaired) electrons. The lowest BCUT2D eigenvalue weighted by molar-refractivity contribution is 0.352. The van der Waals surface area contributed by atoms with Gasteiger partial charge in [0.25, 0.3) is 0 Å². The van der Waals surface area contributed by atoms with E-state index in [4.69, 9.17) is 9.47 Å². The highest BCUT2D eigenvalue weighted by Gasteiger charge is 2.20. The molecule has 1 aliphatic carbocycles. The van der Waals surface area contributed by atoms with Crippen molar-refractivity contribution in [1.29, 1.82) is 0 Å². The van der Waals surface area contributed by atoms with E-state index in [0.29, 0.717) is 6.04 Å². The summed E-state index contributed by atoms with van der Waals surface area (Å²) < 4.78 is 10.7. The van der Waals surface area contributed by atoms with Gasteiger partial charge in [-0.05, 0) is 55.5 Å². The summed E-state index contributed by atoms with van der Waals surface area (Å²) >= 11 is 0. The van der Waals surface area contributed by atoms with Gasteiger partial charge in [-0.25, -0.2) is 0 Å². The van der Waals surface area contributed by atoms with Crippen LogP contribution in [0.5, 0.6) is 11.5 Å². The maximum Gasteiger partial charge on any atom is 0.161 e. The number of fused-ring (bicyclic) bond motifs is 1. The summed E-state index contributed by atoms with van der Waals surface area (Å²) in [7, 11) is 3.39. The van der Waals surface area contributed by atoms with Crippen molar-refractivity contribution in [1.82, 2.24) is 5.32 Å². The van der Waals surface area contributed by atoms with Gasteiger partial charge in [0.1, 0.15) is 0 Å². The smallest absolute Gasteiger partial charge is 0.161 e. The second-order valence-corrected chi connectivity index (χ2v) is 4.87. The van der Waals surface area contributed by atoms with Crippen LogP contribution in [0.4, 0.5) is 0 Å². The van der Waals surface area contributed by atoms with E-state index in [2.05, 4.69) is 24.4 Å². The van der Waals surface area contributed by atoms with Crippen molar-refractivity contribution in [2.45, 2.75) is 38.6 Å². The van der Waals surface area contributed by atoms with Crippen LogP contribution in [0, 0.1) is 0 Å². The number of hydrogen-bond acceptors (Lipinski definition) is 3. The number of rotatable bonds is 5. The molecule has 1 N–H and O–H groups in total. The maximum atomic E-state index is 5.37. The van der Waals surface area contributed by atoms with Crippen molar-refractivity contribution in [3.05, 3.63) is 23.3 Å². The van der Waals surface area contributed by atoms with Gasteiger partial charge in [-0.15, -0.1) is 0 Å². The Kier molecular flexibility index (Phi) is 4.48. The van der Waals surface area contributed by atoms with Crippen LogP contribution in [0.1, 0.15) is 30.9 Å². The third kappa shape index (κ3) is 2.78. The predicted octanol–water partition coefficient (Wildman–Crippen LogP) is 2.56. The van der Waals surface area contributed by atoms with Gasteiger partial charge < -0.3 is 14.8 Å². The number of methoxy groups -OCH3 is 2. The molecule has 0 aromatic heterocycles. The third-order valence-electron chi connectivity index (χ3n) is 3.62. The minimum absolute atomic E-state index is 0.607. The molecule has 0 saturated carbocycles. The second kappa shape index (κ2) is 6.10. The molecule has 0 bridgehead atoms. The van der Waals surface area contributed by atoms with Gasteiger partial charge in [0.05, 0.1) is 14.2 Å². The minimum Gasteiger partial charge on any atom is -0.493 e. The van der Waals surface area contributed by atoms with Gasteiger partial charge in [0, 0.05) is 6.04 Å². The lowest BCUT2D eigenvalue weighted by Crippen LogP contribution is -2.34. The molecule has 100 valence electrons. The first-order valence-electron chi connectivity index (χ1n) is 6.75. The summed E-state index contributed by atoms with van der Waals surface area (Å²) in [5.41, 5.74) is 2.80. The number of hydrogen-bond donors (Lipinski definition) is 1. The highest BCUT2D eigenvalue weighted by Crippen LogP contribution is 2.34. The summed E-state index contributed by atoms with van der Waals surface area (Å²) in [5, 5.41) is 3.61. The van der Waals surface area contributed by atoms with Crippen LogP contribution in [0.15, 0.2) is 12.1 Å². The van der Waals surface area contributed by atoms with E-state index in [1.165, 1.54) is 24.0 Å². The Morgan fingerprint density at radius 2 is 1.83 bits per heavy atom.